The van der Waals surface area contributed by atoms with E-state index in [0.717, 1.165) is 17.4 Å². The average Bonchev–Trinajstić information content (AvgIpc) is 2.32. The Morgan fingerprint density at radius 2 is 1.88 bits per heavy atom. The van der Waals surface area contributed by atoms with E-state index in [4.69, 9.17) is 0 Å². The second kappa shape index (κ2) is 5.12. The van der Waals surface area contributed by atoms with Gasteiger partial charge in [0.05, 0.1) is 0 Å². The molecule has 2 rings (SSSR count). The monoisotopic (exact) mass is 232 g/mol. The Bertz CT molecular complexity index is 381. The van der Waals surface area contributed by atoms with Crippen molar-refractivity contribution in [3.63, 3.8) is 0 Å². The van der Waals surface area contributed by atoms with E-state index in [9.17, 15) is 5.11 Å². The van der Waals surface area contributed by atoms with Crippen LogP contribution in [0.4, 0.5) is 0 Å². The first-order valence-electron chi connectivity index (χ1n) is 6.89. The van der Waals surface area contributed by atoms with E-state index < -0.39 is 0 Å². The highest BCUT2D eigenvalue weighted by molar-refractivity contribution is 5.37. The van der Waals surface area contributed by atoms with Gasteiger partial charge >= 0.3 is 0 Å². The molecule has 1 heteroatoms. The minimum absolute atomic E-state index is 0.454. The Kier molecular flexibility index (Phi) is 3.76. The van der Waals surface area contributed by atoms with Gasteiger partial charge in [-0.1, -0.05) is 38.8 Å². The van der Waals surface area contributed by atoms with Crippen molar-refractivity contribution < 1.29 is 5.11 Å². The summed E-state index contributed by atoms with van der Waals surface area (Å²) in [4.78, 5) is 0. The largest absolute Gasteiger partial charge is 0.508 e. The molecule has 1 aliphatic carbocycles. The number of hydrogen-bond donors (Lipinski definition) is 1. The Morgan fingerprint density at radius 3 is 2.53 bits per heavy atom. The molecule has 0 amide bonds. The Labute approximate surface area is 105 Å². The number of aryl methyl sites for hydroxylation is 1. The summed E-state index contributed by atoms with van der Waals surface area (Å²) >= 11 is 0. The smallest absolute Gasteiger partial charge is 0.118 e. The molecule has 1 saturated carbocycles. The number of hydrogen-bond acceptors (Lipinski definition) is 1. The van der Waals surface area contributed by atoms with Crippen LogP contribution < -0.4 is 0 Å². The lowest BCUT2D eigenvalue weighted by Gasteiger charge is -2.35. The predicted octanol–water partition coefficient (Wildman–Crippen LogP) is 4.63. The molecule has 0 bridgehead atoms. The van der Waals surface area contributed by atoms with Gasteiger partial charge in [-0.2, -0.15) is 0 Å². The van der Waals surface area contributed by atoms with Crippen molar-refractivity contribution in [1.82, 2.24) is 0 Å². The lowest BCUT2D eigenvalue weighted by Crippen LogP contribution is -2.22. The third-order valence-electron chi connectivity index (χ3n) is 4.34. The zero-order valence-corrected chi connectivity index (χ0v) is 11.2. The van der Waals surface area contributed by atoms with E-state index in [1.54, 1.807) is 0 Å². The van der Waals surface area contributed by atoms with E-state index >= 15 is 0 Å². The van der Waals surface area contributed by atoms with Crippen LogP contribution in [0.25, 0.3) is 0 Å². The molecule has 0 heterocycles. The molecule has 2 unspecified atom stereocenters. The van der Waals surface area contributed by atoms with Gasteiger partial charge in [-0.25, -0.2) is 0 Å². The first-order chi connectivity index (χ1) is 8.09. The highest BCUT2D eigenvalue weighted by Gasteiger charge is 2.28. The molecule has 1 aromatic carbocycles. The maximum absolute atomic E-state index is 9.86. The van der Waals surface area contributed by atoms with Crippen molar-refractivity contribution in [3.05, 3.63) is 29.3 Å². The molecule has 94 valence electrons. The summed E-state index contributed by atoms with van der Waals surface area (Å²) in [5.74, 6) is 2.63. The first kappa shape index (κ1) is 12.5. The third-order valence-corrected chi connectivity index (χ3v) is 4.34. The fourth-order valence-electron chi connectivity index (χ4n) is 3.23. The van der Waals surface area contributed by atoms with Gasteiger partial charge in [0, 0.05) is 0 Å². The van der Waals surface area contributed by atoms with Crippen molar-refractivity contribution in [2.45, 2.75) is 52.4 Å². The fraction of sp³-hybridized carbons (Fsp3) is 0.625. The summed E-state index contributed by atoms with van der Waals surface area (Å²) in [7, 11) is 0. The molecule has 1 N–H and O–H groups in total. The topological polar surface area (TPSA) is 20.2 Å². The fourth-order valence-corrected chi connectivity index (χ4v) is 3.23. The van der Waals surface area contributed by atoms with Crippen LogP contribution in [0.15, 0.2) is 18.2 Å². The number of aromatic hydroxyl groups is 1. The quantitative estimate of drug-likeness (QED) is 0.788. The molecular weight excluding hydrogens is 208 g/mol. The maximum atomic E-state index is 9.86. The van der Waals surface area contributed by atoms with Crippen LogP contribution in [0.2, 0.25) is 0 Å². The van der Waals surface area contributed by atoms with Crippen molar-refractivity contribution in [3.8, 4) is 5.75 Å². The summed E-state index contributed by atoms with van der Waals surface area (Å²) in [5.41, 5.74) is 2.32. The maximum Gasteiger partial charge on any atom is 0.118 e. The minimum atomic E-state index is 0.454. The van der Waals surface area contributed by atoms with Gasteiger partial charge in [-0.3, -0.25) is 0 Å². The van der Waals surface area contributed by atoms with Gasteiger partial charge in [-0.15, -0.1) is 0 Å². The molecule has 2 atom stereocenters. The first-order valence-corrected chi connectivity index (χ1v) is 6.89. The average molecular weight is 232 g/mol. The van der Waals surface area contributed by atoms with Crippen LogP contribution in [0, 0.1) is 18.8 Å². The molecule has 0 radical (unpaired) electrons. The molecule has 1 aliphatic rings. The molecular formula is C16H24O. The number of rotatable bonds is 2. The molecule has 1 nitrogen and oxygen atoms in total. The lowest BCUT2D eigenvalue weighted by atomic mass is 9.70. The second-order valence-corrected chi connectivity index (χ2v) is 5.84. The van der Waals surface area contributed by atoms with E-state index in [-0.39, 0.29) is 0 Å². The van der Waals surface area contributed by atoms with E-state index in [1.807, 2.05) is 13.0 Å². The van der Waals surface area contributed by atoms with Crippen LogP contribution in [-0.4, -0.2) is 5.11 Å². The van der Waals surface area contributed by atoms with Crippen LogP contribution in [0.5, 0.6) is 5.75 Å². The molecule has 17 heavy (non-hydrogen) atoms. The van der Waals surface area contributed by atoms with E-state index in [2.05, 4.69) is 26.0 Å². The SMILES string of the molecule is Cc1ccc(C2CCCCC2C(C)C)cc1O. The van der Waals surface area contributed by atoms with E-state index in [0.29, 0.717) is 11.7 Å². The lowest BCUT2D eigenvalue weighted by molar-refractivity contribution is 0.238. The summed E-state index contributed by atoms with van der Waals surface area (Å²) < 4.78 is 0. The standard InChI is InChI=1S/C16H24O/c1-11(2)14-6-4-5-7-15(14)13-9-8-12(3)16(17)10-13/h8-11,14-15,17H,4-7H2,1-3H3. The van der Waals surface area contributed by atoms with Crippen LogP contribution >= 0.6 is 0 Å². The van der Waals surface area contributed by atoms with Gasteiger partial charge in [0.1, 0.15) is 5.75 Å². The molecule has 1 aromatic rings. The molecule has 1 fully saturated rings. The van der Waals surface area contributed by atoms with Gasteiger partial charge in [0.15, 0.2) is 0 Å². The second-order valence-electron chi connectivity index (χ2n) is 5.84. The zero-order valence-electron chi connectivity index (χ0n) is 11.2. The number of phenols is 1. The molecule has 0 aliphatic heterocycles. The number of benzene rings is 1. The third kappa shape index (κ3) is 2.65. The van der Waals surface area contributed by atoms with Crippen molar-refractivity contribution >= 4 is 0 Å². The zero-order chi connectivity index (χ0) is 12.4. The van der Waals surface area contributed by atoms with Gasteiger partial charge in [0.2, 0.25) is 0 Å². The Hall–Kier alpha value is -0.980. The van der Waals surface area contributed by atoms with Gasteiger partial charge in [0.25, 0.3) is 0 Å². The van der Waals surface area contributed by atoms with Crippen molar-refractivity contribution in [1.29, 1.82) is 0 Å². The highest BCUT2D eigenvalue weighted by Crippen LogP contribution is 2.42. The predicted molar refractivity (Wildman–Crippen MR) is 72.4 cm³/mol. The minimum Gasteiger partial charge on any atom is -0.508 e. The van der Waals surface area contributed by atoms with Crippen LogP contribution in [-0.2, 0) is 0 Å². The van der Waals surface area contributed by atoms with Crippen molar-refractivity contribution in [2.75, 3.05) is 0 Å². The summed E-state index contributed by atoms with van der Waals surface area (Å²) in [6, 6.07) is 6.25. The molecule has 0 saturated heterocycles. The number of phenolic OH excluding ortho intramolecular Hbond substituents is 1. The molecule has 0 spiro atoms. The van der Waals surface area contributed by atoms with Crippen LogP contribution in [0.3, 0.4) is 0 Å². The van der Waals surface area contributed by atoms with Gasteiger partial charge in [-0.05, 0) is 54.7 Å². The Morgan fingerprint density at radius 1 is 1.18 bits per heavy atom. The summed E-state index contributed by atoms with van der Waals surface area (Å²) in [6.45, 7) is 6.62. The van der Waals surface area contributed by atoms with Crippen LogP contribution in [0.1, 0.15) is 56.6 Å². The Balaban J connectivity index is 2.26. The van der Waals surface area contributed by atoms with E-state index in [1.165, 1.54) is 31.2 Å². The molecule has 0 aromatic heterocycles. The van der Waals surface area contributed by atoms with Gasteiger partial charge < -0.3 is 5.11 Å². The normalized spacial score (nSPS) is 25.2. The van der Waals surface area contributed by atoms with Crippen molar-refractivity contribution in [2.24, 2.45) is 11.8 Å². The summed E-state index contributed by atoms with van der Waals surface area (Å²) in [6.07, 6.45) is 5.34. The summed E-state index contributed by atoms with van der Waals surface area (Å²) in [5, 5.41) is 9.86. The highest BCUT2D eigenvalue weighted by atomic mass is 16.3.